The van der Waals surface area contributed by atoms with Crippen LogP contribution in [0.5, 0.6) is 0 Å². The second-order valence-corrected chi connectivity index (χ2v) is 6.68. The van der Waals surface area contributed by atoms with Crippen LogP contribution in [0.1, 0.15) is 97.2 Å². The van der Waals surface area contributed by atoms with Crippen LogP contribution in [0.4, 0.5) is 0 Å². The molecule has 0 aliphatic rings. The molecule has 1 rings (SSSR count). The minimum absolute atomic E-state index is 1.20. The van der Waals surface area contributed by atoms with Crippen LogP contribution in [0.15, 0.2) is 12.4 Å². The fourth-order valence-corrected chi connectivity index (χ4v) is 3.12. The maximum Gasteiger partial charge on any atom is 0.256 e. The average molecular weight is 308 g/mol. The predicted octanol–water partition coefficient (Wildman–Crippen LogP) is 5.67. The predicted molar refractivity (Wildman–Crippen MR) is 96.1 cm³/mol. The van der Waals surface area contributed by atoms with Crippen LogP contribution in [-0.2, 0) is 19.5 Å². The Kier molecular flexibility index (Phi) is 11.1. The van der Waals surface area contributed by atoms with E-state index in [1.165, 1.54) is 90.1 Å². The first-order chi connectivity index (χ1) is 10.8. The Hall–Kier alpha value is -0.790. The molecule has 2 heteroatoms. The van der Waals surface area contributed by atoms with Gasteiger partial charge in [0.15, 0.2) is 0 Å². The van der Waals surface area contributed by atoms with E-state index in [4.69, 9.17) is 0 Å². The van der Waals surface area contributed by atoms with Crippen LogP contribution in [0.25, 0.3) is 0 Å². The van der Waals surface area contributed by atoms with Gasteiger partial charge < -0.3 is 0 Å². The molecule has 1 aromatic rings. The Balaban J connectivity index is 2.51. The third-order valence-electron chi connectivity index (χ3n) is 4.60. The van der Waals surface area contributed by atoms with Crippen molar-refractivity contribution in [1.82, 2.24) is 4.57 Å². The molecule has 0 fully saturated rings. The van der Waals surface area contributed by atoms with Crippen molar-refractivity contribution >= 4 is 0 Å². The lowest BCUT2D eigenvalue weighted by atomic mass is 10.1. The van der Waals surface area contributed by atoms with Crippen LogP contribution in [-0.4, -0.2) is 4.57 Å². The Labute approximate surface area is 138 Å². The number of imidazole rings is 1. The van der Waals surface area contributed by atoms with Crippen LogP contribution in [0, 0.1) is 0 Å². The number of hydrogen-bond acceptors (Lipinski definition) is 0. The van der Waals surface area contributed by atoms with Gasteiger partial charge in [-0.05, 0) is 25.7 Å². The second-order valence-electron chi connectivity index (χ2n) is 6.68. The number of aromatic nitrogens is 2. The van der Waals surface area contributed by atoms with Crippen molar-refractivity contribution in [3.8, 4) is 0 Å². The lowest BCUT2D eigenvalue weighted by Gasteiger charge is -2.06. The summed E-state index contributed by atoms with van der Waals surface area (Å²) >= 11 is 0. The summed E-state index contributed by atoms with van der Waals surface area (Å²) in [6.45, 7) is 9.28. The fourth-order valence-electron chi connectivity index (χ4n) is 3.12. The lowest BCUT2D eigenvalue weighted by molar-refractivity contribution is -0.704. The Morgan fingerprint density at radius 2 is 1.41 bits per heavy atom. The van der Waals surface area contributed by atoms with Crippen molar-refractivity contribution in [2.24, 2.45) is 0 Å². The minimum Gasteiger partial charge on any atom is -0.234 e. The first-order valence-electron chi connectivity index (χ1n) is 9.90. The number of unbranched alkanes of at least 4 members (excludes halogenated alkanes) is 8. The van der Waals surface area contributed by atoms with Gasteiger partial charge >= 0.3 is 0 Å². The van der Waals surface area contributed by atoms with Gasteiger partial charge in [-0.25, -0.2) is 9.13 Å². The largest absolute Gasteiger partial charge is 0.256 e. The fraction of sp³-hybridized carbons (Fsp3) is 0.850. The van der Waals surface area contributed by atoms with Crippen LogP contribution in [0.3, 0.4) is 0 Å². The van der Waals surface area contributed by atoms with Crippen LogP contribution < -0.4 is 4.57 Å². The van der Waals surface area contributed by atoms with Gasteiger partial charge in [0.05, 0.1) is 13.1 Å². The first-order valence-corrected chi connectivity index (χ1v) is 9.90. The molecule has 0 aliphatic carbocycles. The van der Waals surface area contributed by atoms with E-state index in [9.17, 15) is 0 Å². The summed E-state index contributed by atoms with van der Waals surface area (Å²) in [7, 11) is 0. The highest BCUT2D eigenvalue weighted by atomic mass is 15.1. The maximum absolute atomic E-state index is 2.54. The molecular formula is C20H39N2+. The van der Waals surface area contributed by atoms with Gasteiger partial charge in [-0.15, -0.1) is 0 Å². The molecule has 128 valence electrons. The molecule has 0 saturated heterocycles. The van der Waals surface area contributed by atoms with E-state index in [0.29, 0.717) is 0 Å². The van der Waals surface area contributed by atoms with E-state index in [2.05, 4.69) is 42.3 Å². The van der Waals surface area contributed by atoms with E-state index in [1.807, 2.05) is 0 Å². The maximum atomic E-state index is 2.54. The van der Waals surface area contributed by atoms with Crippen LogP contribution >= 0.6 is 0 Å². The van der Waals surface area contributed by atoms with Gasteiger partial charge in [-0.3, -0.25) is 0 Å². The van der Waals surface area contributed by atoms with Gasteiger partial charge in [0.25, 0.3) is 5.82 Å². The summed E-state index contributed by atoms with van der Waals surface area (Å²) in [6, 6.07) is 0. The molecule has 0 spiro atoms. The van der Waals surface area contributed by atoms with Crippen LogP contribution in [0.2, 0.25) is 0 Å². The highest BCUT2D eigenvalue weighted by molar-refractivity contribution is 4.84. The summed E-state index contributed by atoms with van der Waals surface area (Å²) in [5.41, 5.74) is 0. The molecule has 0 unspecified atom stereocenters. The Bertz CT molecular complexity index is 368. The van der Waals surface area contributed by atoms with Crippen molar-refractivity contribution in [2.45, 2.75) is 111 Å². The lowest BCUT2D eigenvalue weighted by Crippen LogP contribution is -2.37. The highest BCUT2D eigenvalue weighted by Gasteiger charge is 2.15. The molecule has 0 atom stereocenters. The van der Waals surface area contributed by atoms with E-state index >= 15 is 0 Å². The van der Waals surface area contributed by atoms with Crippen molar-refractivity contribution in [3.05, 3.63) is 18.2 Å². The second kappa shape index (κ2) is 12.7. The third kappa shape index (κ3) is 7.47. The molecule has 1 aromatic heterocycles. The summed E-state index contributed by atoms with van der Waals surface area (Å²) in [6.07, 6.45) is 20.8. The average Bonchev–Trinajstić information content (AvgIpc) is 2.91. The summed E-state index contributed by atoms with van der Waals surface area (Å²) < 4.78 is 5.05. The van der Waals surface area contributed by atoms with E-state index in [1.54, 1.807) is 5.82 Å². The Morgan fingerprint density at radius 1 is 0.773 bits per heavy atom. The molecule has 0 amide bonds. The zero-order chi connectivity index (χ0) is 16.0. The molecule has 0 aromatic carbocycles. The molecule has 0 N–H and O–H groups in total. The number of nitrogens with zero attached hydrogens (tertiary/aromatic N) is 2. The number of rotatable bonds is 14. The number of hydrogen-bond donors (Lipinski definition) is 0. The quantitative estimate of drug-likeness (QED) is 0.309. The van der Waals surface area contributed by atoms with Gasteiger partial charge in [0, 0.05) is 6.42 Å². The molecule has 0 radical (unpaired) electrons. The summed E-state index contributed by atoms with van der Waals surface area (Å²) in [5.74, 6) is 1.57. The van der Waals surface area contributed by atoms with Gasteiger partial charge in [0.1, 0.15) is 12.4 Å². The van der Waals surface area contributed by atoms with Crippen molar-refractivity contribution in [3.63, 3.8) is 0 Å². The van der Waals surface area contributed by atoms with E-state index in [-0.39, 0.29) is 0 Å². The third-order valence-corrected chi connectivity index (χ3v) is 4.60. The van der Waals surface area contributed by atoms with E-state index < -0.39 is 0 Å². The highest BCUT2D eigenvalue weighted by Crippen LogP contribution is 2.08. The summed E-state index contributed by atoms with van der Waals surface area (Å²) in [4.78, 5) is 0. The van der Waals surface area contributed by atoms with Gasteiger partial charge in [-0.2, -0.15) is 0 Å². The molecule has 2 nitrogen and oxygen atoms in total. The normalized spacial score (nSPS) is 11.2. The standard InChI is InChI=1S/C20H39N2/c1-4-7-10-12-14-17-22-19-18-21(16-9-6-3)20(22)15-13-11-8-5-2/h18-19H,4-17H2,1-3H3/q+1. The molecule has 0 saturated carbocycles. The van der Waals surface area contributed by atoms with Gasteiger partial charge in [0.2, 0.25) is 0 Å². The molecule has 1 heterocycles. The van der Waals surface area contributed by atoms with Crippen molar-refractivity contribution < 1.29 is 4.57 Å². The van der Waals surface area contributed by atoms with Gasteiger partial charge in [-0.1, -0.05) is 65.7 Å². The van der Waals surface area contributed by atoms with Crippen molar-refractivity contribution in [2.75, 3.05) is 0 Å². The zero-order valence-electron chi connectivity index (χ0n) is 15.4. The summed E-state index contributed by atoms with van der Waals surface area (Å²) in [5, 5.41) is 0. The topological polar surface area (TPSA) is 8.81 Å². The number of aryl methyl sites for hydroxylation is 2. The zero-order valence-corrected chi connectivity index (χ0v) is 15.4. The molecule has 0 aliphatic heterocycles. The Morgan fingerprint density at radius 3 is 2.09 bits per heavy atom. The smallest absolute Gasteiger partial charge is 0.234 e. The minimum atomic E-state index is 1.20. The monoisotopic (exact) mass is 307 g/mol. The van der Waals surface area contributed by atoms with E-state index in [0.717, 1.165) is 0 Å². The SMILES string of the molecule is CCCCCCC[n+]1ccn(CCCC)c1CCCCCC. The molecule has 22 heavy (non-hydrogen) atoms. The molecule has 0 bridgehead atoms. The van der Waals surface area contributed by atoms with Crippen molar-refractivity contribution in [1.29, 1.82) is 0 Å². The molecular weight excluding hydrogens is 268 g/mol. The first kappa shape index (κ1) is 19.3.